The number of amides is 1. The van der Waals surface area contributed by atoms with Crippen LogP contribution >= 0.6 is 11.3 Å². The SMILES string of the molecule is CN(C)C(=O)c1ccc(N)cc1NCCc1ccsc1. The predicted molar refractivity (Wildman–Crippen MR) is 85.4 cm³/mol. The molecule has 20 heavy (non-hydrogen) atoms. The molecule has 3 N–H and O–H groups in total. The van der Waals surface area contributed by atoms with Gasteiger partial charge in [0.25, 0.3) is 5.91 Å². The lowest BCUT2D eigenvalue weighted by molar-refractivity contribution is 0.0828. The normalized spacial score (nSPS) is 10.3. The Balaban J connectivity index is 2.09. The van der Waals surface area contributed by atoms with Crippen LogP contribution in [0, 0.1) is 0 Å². The van der Waals surface area contributed by atoms with Gasteiger partial charge >= 0.3 is 0 Å². The number of carbonyl (C=O) groups is 1. The quantitative estimate of drug-likeness (QED) is 0.832. The van der Waals surface area contributed by atoms with Crippen LogP contribution in [0.3, 0.4) is 0 Å². The average Bonchev–Trinajstić information content (AvgIpc) is 2.91. The largest absolute Gasteiger partial charge is 0.399 e. The summed E-state index contributed by atoms with van der Waals surface area (Å²) in [7, 11) is 3.49. The zero-order valence-corrected chi connectivity index (χ0v) is 12.5. The second-order valence-corrected chi connectivity index (χ2v) is 5.59. The Labute approximate surface area is 123 Å². The zero-order chi connectivity index (χ0) is 14.5. The average molecular weight is 289 g/mol. The second kappa shape index (κ2) is 6.43. The minimum absolute atomic E-state index is 0.0250. The van der Waals surface area contributed by atoms with Gasteiger partial charge in [-0.2, -0.15) is 11.3 Å². The molecule has 0 aliphatic heterocycles. The van der Waals surface area contributed by atoms with E-state index in [1.54, 1.807) is 42.5 Å². The fourth-order valence-corrected chi connectivity index (χ4v) is 2.62. The fraction of sp³-hybridized carbons (Fsp3) is 0.267. The van der Waals surface area contributed by atoms with Crippen LogP contribution in [0.1, 0.15) is 15.9 Å². The molecule has 1 aromatic carbocycles. The highest BCUT2D eigenvalue weighted by molar-refractivity contribution is 7.07. The smallest absolute Gasteiger partial charge is 0.255 e. The van der Waals surface area contributed by atoms with Crippen molar-refractivity contribution in [1.29, 1.82) is 0 Å². The number of thiophene rings is 1. The lowest BCUT2D eigenvalue weighted by atomic mass is 10.1. The Morgan fingerprint density at radius 3 is 2.80 bits per heavy atom. The van der Waals surface area contributed by atoms with Gasteiger partial charge in [-0.3, -0.25) is 4.79 Å². The van der Waals surface area contributed by atoms with Gasteiger partial charge in [-0.1, -0.05) is 0 Å². The van der Waals surface area contributed by atoms with Crippen molar-refractivity contribution in [3.63, 3.8) is 0 Å². The van der Waals surface area contributed by atoms with Crippen molar-refractivity contribution in [3.05, 3.63) is 46.2 Å². The van der Waals surface area contributed by atoms with E-state index >= 15 is 0 Å². The molecule has 0 aliphatic rings. The van der Waals surface area contributed by atoms with E-state index in [2.05, 4.69) is 22.1 Å². The molecule has 0 atom stereocenters. The molecule has 0 fully saturated rings. The van der Waals surface area contributed by atoms with E-state index in [1.165, 1.54) is 5.56 Å². The number of nitrogens with two attached hydrogens (primary N) is 1. The summed E-state index contributed by atoms with van der Waals surface area (Å²) in [6.07, 6.45) is 0.924. The first-order valence-electron chi connectivity index (χ1n) is 6.44. The van der Waals surface area contributed by atoms with Gasteiger partial charge in [-0.05, 0) is 47.0 Å². The molecule has 0 unspecified atom stereocenters. The molecule has 1 aromatic heterocycles. The number of benzene rings is 1. The Morgan fingerprint density at radius 2 is 2.15 bits per heavy atom. The van der Waals surface area contributed by atoms with Crippen LogP contribution in [0.4, 0.5) is 11.4 Å². The number of nitrogens with zero attached hydrogens (tertiary/aromatic N) is 1. The fourth-order valence-electron chi connectivity index (χ4n) is 1.91. The van der Waals surface area contributed by atoms with Crippen LogP contribution in [0.15, 0.2) is 35.0 Å². The van der Waals surface area contributed by atoms with Crippen LogP contribution in [-0.4, -0.2) is 31.4 Å². The summed E-state index contributed by atoms with van der Waals surface area (Å²) < 4.78 is 0. The molecular weight excluding hydrogens is 270 g/mol. The number of nitrogen functional groups attached to an aromatic ring is 1. The molecule has 0 saturated heterocycles. The Morgan fingerprint density at radius 1 is 1.35 bits per heavy atom. The molecule has 4 nitrogen and oxygen atoms in total. The molecule has 1 amide bonds. The third-order valence-corrected chi connectivity index (χ3v) is 3.72. The van der Waals surface area contributed by atoms with Crippen LogP contribution in [0.25, 0.3) is 0 Å². The maximum atomic E-state index is 12.1. The minimum atomic E-state index is -0.0250. The molecule has 0 radical (unpaired) electrons. The molecule has 106 valence electrons. The molecule has 1 heterocycles. The Kier molecular flexibility index (Phi) is 4.63. The van der Waals surface area contributed by atoms with Gasteiger partial charge in [-0.15, -0.1) is 0 Å². The van der Waals surface area contributed by atoms with Crippen LogP contribution in [0.2, 0.25) is 0 Å². The van der Waals surface area contributed by atoms with E-state index in [0.29, 0.717) is 11.3 Å². The first-order chi connectivity index (χ1) is 9.58. The zero-order valence-electron chi connectivity index (χ0n) is 11.7. The minimum Gasteiger partial charge on any atom is -0.399 e. The standard InChI is InChI=1S/C15H19N3OS/c1-18(2)15(19)13-4-3-12(16)9-14(13)17-7-5-11-6-8-20-10-11/h3-4,6,8-10,17H,5,7,16H2,1-2H3. The third-order valence-electron chi connectivity index (χ3n) is 2.99. The van der Waals surface area contributed by atoms with Crippen LogP contribution in [0.5, 0.6) is 0 Å². The summed E-state index contributed by atoms with van der Waals surface area (Å²) in [5.74, 6) is -0.0250. The van der Waals surface area contributed by atoms with Crippen molar-refractivity contribution >= 4 is 28.6 Å². The van der Waals surface area contributed by atoms with Crippen molar-refractivity contribution in [1.82, 2.24) is 4.90 Å². The van der Waals surface area contributed by atoms with Gasteiger partial charge < -0.3 is 16.0 Å². The van der Waals surface area contributed by atoms with Gasteiger partial charge in [0.2, 0.25) is 0 Å². The number of hydrogen-bond acceptors (Lipinski definition) is 4. The molecule has 5 heteroatoms. The number of hydrogen-bond donors (Lipinski definition) is 2. The van der Waals surface area contributed by atoms with E-state index < -0.39 is 0 Å². The lowest BCUT2D eigenvalue weighted by Gasteiger charge is -2.16. The number of nitrogens with one attached hydrogen (secondary N) is 1. The summed E-state index contributed by atoms with van der Waals surface area (Å²) in [4.78, 5) is 13.7. The molecule has 0 aliphatic carbocycles. The number of carbonyl (C=O) groups excluding carboxylic acids is 1. The first-order valence-corrected chi connectivity index (χ1v) is 7.38. The second-order valence-electron chi connectivity index (χ2n) is 4.81. The van der Waals surface area contributed by atoms with Gasteiger partial charge in [0.05, 0.1) is 5.56 Å². The summed E-state index contributed by atoms with van der Waals surface area (Å²) in [5.41, 5.74) is 9.19. The molecule has 0 saturated carbocycles. The van der Waals surface area contributed by atoms with Crippen molar-refractivity contribution in [2.75, 3.05) is 31.7 Å². The van der Waals surface area contributed by atoms with Gasteiger partial charge in [0.1, 0.15) is 0 Å². The van der Waals surface area contributed by atoms with E-state index in [-0.39, 0.29) is 5.91 Å². The van der Waals surface area contributed by atoms with Crippen molar-refractivity contribution in [2.45, 2.75) is 6.42 Å². The van der Waals surface area contributed by atoms with E-state index in [1.807, 2.05) is 6.07 Å². The van der Waals surface area contributed by atoms with Crippen molar-refractivity contribution in [3.8, 4) is 0 Å². The highest BCUT2D eigenvalue weighted by Gasteiger charge is 2.13. The maximum absolute atomic E-state index is 12.1. The predicted octanol–water partition coefficient (Wildman–Crippen LogP) is 2.69. The maximum Gasteiger partial charge on any atom is 0.255 e. The Bertz CT molecular complexity index is 579. The van der Waals surface area contributed by atoms with Gasteiger partial charge in [0, 0.05) is 32.0 Å². The molecule has 0 bridgehead atoms. The summed E-state index contributed by atoms with van der Waals surface area (Å²) in [6.45, 7) is 0.772. The van der Waals surface area contributed by atoms with Gasteiger partial charge in [-0.25, -0.2) is 0 Å². The summed E-state index contributed by atoms with van der Waals surface area (Å²) in [6, 6.07) is 7.44. The first kappa shape index (κ1) is 14.4. The van der Waals surface area contributed by atoms with Gasteiger partial charge in [0.15, 0.2) is 0 Å². The number of anilines is 2. The molecule has 2 aromatic rings. The van der Waals surface area contributed by atoms with E-state index in [0.717, 1.165) is 18.7 Å². The third kappa shape index (κ3) is 3.51. The highest BCUT2D eigenvalue weighted by atomic mass is 32.1. The summed E-state index contributed by atoms with van der Waals surface area (Å²) >= 11 is 1.69. The lowest BCUT2D eigenvalue weighted by Crippen LogP contribution is -2.23. The number of rotatable bonds is 5. The monoisotopic (exact) mass is 289 g/mol. The van der Waals surface area contributed by atoms with Crippen LogP contribution in [-0.2, 0) is 6.42 Å². The van der Waals surface area contributed by atoms with Crippen molar-refractivity contribution < 1.29 is 4.79 Å². The summed E-state index contributed by atoms with van der Waals surface area (Å²) in [5, 5.41) is 7.50. The Hall–Kier alpha value is -2.01. The topological polar surface area (TPSA) is 58.4 Å². The van der Waals surface area contributed by atoms with Crippen LogP contribution < -0.4 is 11.1 Å². The van der Waals surface area contributed by atoms with Crippen molar-refractivity contribution in [2.24, 2.45) is 0 Å². The molecule has 0 spiro atoms. The molecule has 2 rings (SSSR count). The van der Waals surface area contributed by atoms with E-state index in [9.17, 15) is 4.79 Å². The molecular formula is C15H19N3OS. The highest BCUT2D eigenvalue weighted by Crippen LogP contribution is 2.20. The van der Waals surface area contributed by atoms with E-state index in [4.69, 9.17) is 5.73 Å².